The number of hydrogen-bond donors (Lipinski definition) is 1. The van der Waals surface area contributed by atoms with E-state index < -0.39 is 0 Å². The van der Waals surface area contributed by atoms with Crippen molar-refractivity contribution in [3.63, 3.8) is 0 Å². The molecule has 0 saturated carbocycles. The summed E-state index contributed by atoms with van der Waals surface area (Å²) in [4.78, 5) is 3.87. The van der Waals surface area contributed by atoms with Crippen LogP contribution in [0.5, 0.6) is 0 Å². The Morgan fingerprint density at radius 2 is 2.29 bits per heavy atom. The second-order valence-electron chi connectivity index (χ2n) is 4.58. The lowest BCUT2D eigenvalue weighted by Gasteiger charge is -2.27. The molecule has 0 spiro atoms. The molecular weight excluding hydrogens is 228 g/mol. The van der Waals surface area contributed by atoms with Crippen LogP contribution in [0.15, 0.2) is 23.1 Å². The Kier molecular flexibility index (Phi) is 4.35. The fourth-order valence-electron chi connectivity index (χ4n) is 2.61. The number of thioether (sulfide) groups is 1. The number of nitrogens with two attached hydrogens (primary N) is 1. The van der Waals surface area contributed by atoms with E-state index in [0.717, 1.165) is 5.75 Å². The van der Waals surface area contributed by atoms with Gasteiger partial charge in [0.25, 0.3) is 0 Å². The summed E-state index contributed by atoms with van der Waals surface area (Å²) in [6.45, 7) is 6.32. The van der Waals surface area contributed by atoms with Crippen LogP contribution < -0.4 is 10.6 Å². The molecule has 1 fully saturated rings. The molecular formula is C14H22N2S. The minimum Gasteiger partial charge on any atom is -0.369 e. The van der Waals surface area contributed by atoms with Crippen molar-refractivity contribution in [2.24, 2.45) is 5.73 Å². The number of anilines is 1. The molecule has 2 nitrogen and oxygen atoms in total. The normalized spacial score (nSPS) is 19.9. The van der Waals surface area contributed by atoms with E-state index in [2.05, 4.69) is 36.9 Å². The van der Waals surface area contributed by atoms with Crippen molar-refractivity contribution >= 4 is 17.4 Å². The van der Waals surface area contributed by atoms with Crippen LogP contribution in [-0.4, -0.2) is 18.3 Å². The molecule has 1 aromatic rings. The first kappa shape index (κ1) is 12.8. The maximum atomic E-state index is 5.95. The Morgan fingerprint density at radius 1 is 1.47 bits per heavy atom. The Labute approximate surface area is 109 Å². The molecule has 2 rings (SSSR count). The monoisotopic (exact) mass is 250 g/mol. The Bertz CT molecular complexity index is 378. The van der Waals surface area contributed by atoms with Crippen molar-refractivity contribution in [2.45, 2.75) is 44.2 Å². The third-order valence-corrected chi connectivity index (χ3v) is 4.46. The highest BCUT2D eigenvalue weighted by Gasteiger charge is 2.23. The number of hydrogen-bond acceptors (Lipinski definition) is 3. The van der Waals surface area contributed by atoms with Gasteiger partial charge in [-0.1, -0.05) is 13.0 Å². The largest absolute Gasteiger partial charge is 0.369 e. The third kappa shape index (κ3) is 2.61. The van der Waals surface area contributed by atoms with Gasteiger partial charge in [0, 0.05) is 35.3 Å². The third-order valence-electron chi connectivity index (χ3n) is 3.47. The van der Waals surface area contributed by atoms with Crippen LogP contribution in [0.25, 0.3) is 0 Å². The topological polar surface area (TPSA) is 29.3 Å². The van der Waals surface area contributed by atoms with Gasteiger partial charge in [-0.15, -0.1) is 11.8 Å². The zero-order chi connectivity index (χ0) is 12.3. The van der Waals surface area contributed by atoms with Gasteiger partial charge in [0.1, 0.15) is 0 Å². The van der Waals surface area contributed by atoms with Gasteiger partial charge >= 0.3 is 0 Å². The lowest BCUT2D eigenvalue weighted by Crippen LogP contribution is -2.27. The van der Waals surface area contributed by atoms with E-state index in [9.17, 15) is 0 Å². The van der Waals surface area contributed by atoms with Crippen molar-refractivity contribution < 1.29 is 0 Å². The van der Waals surface area contributed by atoms with Crippen molar-refractivity contribution in [1.82, 2.24) is 0 Å². The second kappa shape index (κ2) is 5.78. The van der Waals surface area contributed by atoms with E-state index >= 15 is 0 Å². The molecule has 1 atom stereocenters. The van der Waals surface area contributed by atoms with Crippen molar-refractivity contribution in [2.75, 3.05) is 17.2 Å². The standard InChI is InChI=1S/C14H22N2S/c1-3-17-14-8-4-7-13(12(14)10-15)16-9-5-6-11(16)2/h4,7-8,11H,3,5-6,9-10,15H2,1-2H3. The average molecular weight is 250 g/mol. The molecule has 1 heterocycles. The highest BCUT2D eigenvalue weighted by molar-refractivity contribution is 7.99. The first-order chi connectivity index (χ1) is 8.27. The molecule has 1 aliphatic rings. The first-order valence-electron chi connectivity index (χ1n) is 6.49. The van der Waals surface area contributed by atoms with Gasteiger partial charge in [0.15, 0.2) is 0 Å². The van der Waals surface area contributed by atoms with Crippen LogP contribution in [0.1, 0.15) is 32.3 Å². The molecule has 0 aromatic heterocycles. The van der Waals surface area contributed by atoms with E-state index in [-0.39, 0.29) is 0 Å². The average Bonchev–Trinajstić information content (AvgIpc) is 2.75. The van der Waals surface area contributed by atoms with Crippen molar-refractivity contribution in [3.05, 3.63) is 23.8 Å². The van der Waals surface area contributed by atoms with Crippen molar-refractivity contribution in [3.8, 4) is 0 Å². The number of rotatable bonds is 4. The SMILES string of the molecule is CCSc1cccc(N2CCCC2C)c1CN. The lowest BCUT2D eigenvalue weighted by molar-refractivity contribution is 0.730. The molecule has 1 saturated heterocycles. The van der Waals surface area contributed by atoms with E-state index in [0.29, 0.717) is 12.6 Å². The van der Waals surface area contributed by atoms with E-state index in [1.165, 1.54) is 35.5 Å². The summed E-state index contributed by atoms with van der Waals surface area (Å²) in [5.41, 5.74) is 8.64. The van der Waals surface area contributed by atoms with Crippen LogP contribution >= 0.6 is 11.8 Å². The predicted molar refractivity (Wildman–Crippen MR) is 76.8 cm³/mol. The zero-order valence-electron chi connectivity index (χ0n) is 10.8. The van der Waals surface area contributed by atoms with Gasteiger partial charge in [-0.05, 0) is 37.7 Å². The zero-order valence-corrected chi connectivity index (χ0v) is 11.6. The summed E-state index contributed by atoms with van der Waals surface area (Å²) in [7, 11) is 0. The van der Waals surface area contributed by atoms with E-state index in [1.807, 2.05) is 11.8 Å². The molecule has 94 valence electrons. The van der Waals surface area contributed by atoms with Gasteiger partial charge < -0.3 is 10.6 Å². The Hall–Kier alpha value is -0.670. The molecule has 1 aliphatic heterocycles. The van der Waals surface area contributed by atoms with Crippen LogP contribution in [0.2, 0.25) is 0 Å². The summed E-state index contributed by atoms with van der Waals surface area (Å²) in [5.74, 6) is 1.10. The van der Waals surface area contributed by atoms with Crippen molar-refractivity contribution in [1.29, 1.82) is 0 Å². The van der Waals surface area contributed by atoms with Crippen LogP contribution in [-0.2, 0) is 6.54 Å². The molecule has 17 heavy (non-hydrogen) atoms. The molecule has 2 N–H and O–H groups in total. The first-order valence-corrected chi connectivity index (χ1v) is 7.47. The van der Waals surface area contributed by atoms with E-state index in [1.54, 1.807) is 0 Å². The number of nitrogens with zero attached hydrogens (tertiary/aromatic N) is 1. The highest BCUT2D eigenvalue weighted by Crippen LogP contribution is 2.34. The molecule has 1 aromatic carbocycles. The van der Waals surface area contributed by atoms with Gasteiger partial charge in [-0.3, -0.25) is 0 Å². The highest BCUT2D eigenvalue weighted by atomic mass is 32.2. The molecule has 0 radical (unpaired) electrons. The Morgan fingerprint density at radius 3 is 2.88 bits per heavy atom. The van der Waals surface area contributed by atoms with Gasteiger partial charge in [-0.2, -0.15) is 0 Å². The quantitative estimate of drug-likeness (QED) is 0.832. The summed E-state index contributed by atoms with van der Waals surface area (Å²) in [6, 6.07) is 7.24. The van der Waals surface area contributed by atoms with E-state index in [4.69, 9.17) is 5.73 Å². The maximum absolute atomic E-state index is 5.95. The van der Waals surface area contributed by atoms with Crippen LogP contribution in [0.4, 0.5) is 5.69 Å². The minimum atomic E-state index is 0.641. The smallest absolute Gasteiger partial charge is 0.0425 e. The molecule has 3 heteroatoms. The predicted octanol–water partition coefficient (Wildman–Crippen LogP) is 3.25. The number of benzene rings is 1. The lowest BCUT2D eigenvalue weighted by atomic mass is 10.1. The fourth-order valence-corrected chi connectivity index (χ4v) is 3.46. The molecule has 0 amide bonds. The maximum Gasteiger partial charge on any atom is 0.0425 e. The van der Waals surface area contributed by atoms with Gasteiger partial charge in [0.2, 0.25) is 0 Å². The molecule has 0 bridgehead atoms. The van der Waals surface area contributed by atoms with Crippen LogP contribution in [0, 0.1) is 0 Å². The molecule has 1 unspecified atom stereocenters. The summed E-state index contributed by atoms with van der Waals surface area (Å²) >= 11 is 1.89. The summed E-state index contributed by atoms with van der Waals surface area (Å²) in [6.07, 6.45) is 2.60. The van der Waals surface area contributed by atoms with Gasteiger partial charge in [-0.25, -0.2) is 0 Å². The summed E-state index contributed by atoms with van der Waals surface area (Å²) in [5, 5.41) is 0. The minimum absolute atomic E-state index is 0.641. The second-order valence-corrected chi connectivity index (χ2v) is 5.88. The van der Waals surface area contributed by atoms with Gasteiger partial charge in [0.05, 0.1) is 0 Å². The fraction of sp³-hybridized carbons (Fsp3) is 0.571. The van der Waals surface area contributed by atoms with Crippen LogP contribution in [0.3, 0.4) is 0 Å². The Balaban J connectivity index is 2.35. The summed E-state index contributed by atoms with van der Waals surface area (Å²) < 4.78 is 0. The molecule has 0 aliphatic carbocycles.